The van der Waals surface area contributed by atoms with Gasteiger partial charge in [0.25, 0.3) is 0 Å². The minimum atomic E-state index is -2.08. The number of hydrogen-bond donors (Lipinski definition) is 0. The van der Waals surface area contributed by atoms with Crippen molar-refractivity contribution in [3.8, 4) is 0 Å². The highest BCUT2D eigenvalue weighted by Crippen LogP contribution is 2.41. The Labute approximate surface area is 189 Å². The van der Waals surface area contributed by atoms with Crippen molar-refractivity contribution in [2.45, 2.75) is 103 Å². The van der Waals surface area contributed by atoms with Crippen LogP contribution in [0.2, 0.25) is 18.1 Å². The molecule has 1 heterocycles. The highest BCUT2D eigenvalue weighted by molar-refractivity contribution is 6.74. The average molecular weight is 461 g/mol. The summed E-state index contributed by atoms with van der Waals surface area (Å²) in [7, 11) is 2.52. The Balaban J connectivity index is 3.12. The van der Waals surface area contributed by atoms with E-state index >= 15 is 0 Å². The van der Waals surface area contributed by atoms with E-state index in [-0.39, 0.29) is 35.1 Å². The fourth-order valence-corrected chi connectivity index (χ4v) is 5.37. The molecule has 0 unspecified atom stereocenters. The summed E-state index contributed by atoms with van der Waals surface area (Å²) >= 11 is 0. The fourth-order valence-electron chi connectivity index (χ4n) is 3.93. The van der Waals surface area contributed by atoms with Crippen molar-refractivity contribution < 1.29 is 33.0 Å². The van der Waals surface area contributed by atoms with Gasteiger partial charge in [-0.2, -0.15) is 0 Å². The summed E-state index contributed by atoms with van der Waals surface area (Å²) in [6, 6.07) is 0. The zero-order chi connectivity index (χ0) is 24.0. The van der Waals surface area contributed by atoms with Gasteiger partial charge in [0, 0.05) is 27.1 Å². The lowest BCUT2D eigenvalue weighted by Crippen LogP contribution is -2.51. The van der Waals surface area contributed by atoms with Gasteiger partial charge in [-0.1, -0.05) is 34.6 Å². The zero-order valence-electron chi connectivity index (χ0n) is 21.2. The van der Waals surface area contributed by atoms with E-state index in [9.17, 15) is 9.59 Å². The monoisotopic (exact) mass is 460 g/mol. The van der Waals surface area contributed by atoms with Crippen molar-refractivity contribution in [3.63, 3.8) is 0 Å². The van der Waals surface area contributed by atoms with Gasteiger partial charge < -0.3 is 28.2 Å². The molecule has 0 saturated carbocycles. The minimum Gasteiger partial charge on any atom is -0.469 e. The van der Waals surface area contributed by atoms with E-state index in [2.05, 4.69) is 40.8 Å². The molecule has 182 valence electrons. The Morgan fingerprint density at radius 3 is 2.19 bits per heavy atom. The molecule has 31 heavy (non-hydrogen) atoms. The van der Waals surface area contributed by atoms with Crippen LogP contribution < -0.4 is 0 Å². The maximum atomic E-state index is 12.0. The molecule has 0 aromatic rings. The van der Waals surface area contributed by atoms with Crippen LogP contribution in [0.4, 0.5) is 0 Å². The number of methoxy groups -OCH3 is 3. The summed E-state index contributed by atoms with van der Waals surface area (Å²) < 4.78 is 29.1. The van der Waals surface area contributed by atoms with E-state index in [1.807, 2.05) is 6.92 Å². The Morgan fingerprint density at radius 2 is 1.74 bits per heavy atom. The summed E-state index contributed by atoms with van der Waals surface area (Å²) in [5.41, 5.74) is 0. The van der Waals surface area contributed by atoms with Gasteiger partial charge in [0.15, 0.2) is 14.1 Å². The first-order chi connectivity index (χ1) is 14.2. The maximum Gasteiger partial charge on any atom is 0.308 e. The molecule has 0 aromatic heterocycles. The van der Waals surface area contributed by atoms with Crippen LogP contribution in [0.1, 0.15) is 60.3 Å². The molecule has 1 rings (SSSR count). The van der Waals surface area contributed by atoms with Crippen molar-refractivity contribution >= 4 is 20.6 Å². The molecule has 7 nitrogen and oxygen atoms in total. The molecule has 5 atom stereocenters. The third-order valence-electron chi connectivity index (χ3n) is 7.02. The predicted molar refractivity (Wildman–Crippen MR) is 122 cm³/mol. The smallest absolute Gasteiger partial charge is 0.308 e. The number of carbonyl (C=O) groups excluding carboxylic acids is 2. The first kappa shape index (κ1) is 28.2. The van der Waals surface area contributed by atoms with E-state index in [0.29, 0.717) is 25.7 Å². The average Bonchev–Trinajstić information content (AvgIpc) is 2.70. The summed E-state index contributed by atoms with van der Waals surface area (Å²) in [5, 5.41) is 0.0422. The third-order valence-corrected chi connectivity index (χ3v) is 11.5. The predicted octanol–water partition coefficient (Wildman–Crippen LogP) is 4.34. The zero-order valence-corrected chi connectivity index (χ0v) is 22.2. The van der Waals surface area contributed by atoms with Gasteiger partial charge in [0.05, 0.1) is 25.2 Å². The van der Waals surface area contributed by atoms with Crippen LogP contribution >= 0.6 is 0 Å². The SMILES string of the molecule is COC(=O)[C@@H](C)C[C@H](C)[C@H](C[C@@H]1CC(OC)(OC)C[C@H](C=O)O1)O[Si](C)(C)C(C)(C)C. The highest BCUT2D eigenvalue weighted by Gasteiger charge is 2.45. The second kappa shape index (κ2) is 11.4. The first-order valence-electron chi connectivity index (χ1n) is 11.2. The van der Waals surface area contributed by atoms with Crippen LogP contribution in [0.25, 0.3) is 0 Å². The maximum absolute atomic E-state index is 12.0. The van der Waals surface area contributed by atoms with Crippen LogP contribution in [0.5, 0.6) is 0 Å². The van der Waals surface area contributed by atoms with Crippen molar-refractivity contribution in [1.82, 2.24) is 0 Å². The van der Waals surface area contributed by atoms with E-state index in [0.717, 1.165) is 6.29 Å². The Hall–Kier alpha value is -0.803. The molecular formula is C23H44O7Si. The molecule has 0 amide bonds. The van der Waals surface area contributed by atoms with Crippen molar-refractivity contribution in [3.05, 3.63) is 0 Å². The molecule has 1 fully saturated rings. The number of esters is 1. The number of ether oxygens (including phenoxy) is 4. The standard InChI is InChI=1S/C23H44O7Si/c1-16(11-17(2)21(25)26-6)20(30-31(9,10)22(3,4)5)12-18-13-23(27-7,28-8)14-19(15-24)29-18/h15-20H,11-14H2,1-10H3/t16-,17-,18+,19+,20-/m0/s1. The molecular weight excluding hydrogens is 416 g/mol. The van der Waals surface area contributed by atoms with Gasteiger partial charge in [0.2, 0.25) is 0 Å². The van der Waals surface area contributed by atoms with Gasteiger partial charge in [-0.25, -0.2) is 0 Å². The second-order valence-corrected chi connectivity index (χ2v) is 15.2. The highest BCUT2D eigenvalue weighted by atomic mass is 28.4. The molecule has 0 bridgehead atoms. The molecule has 0 aromatic carbocycles. The molecule has 0 N–H and O–H groups in total. The Bertz CT molecular complexity index is 583. The molecule has 8 heteroatoms. The summed E-state index contributed by atoms with van der Waals surface area (Å²) in [6.45, 7) is 15.1. The lowest BCUT2D eigenvalue weighted by Gasteiger charge is -2.45. The topological polar surface area (TPSA) is 80.3 Å². The molecule has 1 aliphatic rings. The van der Waals surface area contributed by atoms with Crippen LogP contribution in [0.3, 0.4) is 0 Å². The lowest BCUT2D eigenvalue weighted by atomic mass is 9.87. The van der Waals surface area contributed by atoms with Crippen LogP contribution in [-0.4, -0.2) is 66.0 Å². The van der Waals surface area contributed by atoms with Crippen LogP contribution in [0.15, 0.2) is 0 Å². The Kier molecular flexibility index (Phi) is 10.3. The minimum absolute atomic E-state index is 0.0422. The first-order valence-corrected chi connectivity index (χ1v) is 14.1. The van der Waals surface area contributed by atoms with Crippen LogP contribution in [0, 0.1) is 11.8 Å². The van der Waals surface area contributed by atoms with Gasteiger partial charge in [-0.15, -0.1) is 0 Å². The molecule has 0 radical (unpaired) electrons. The second-order valence-electron chi connectivity index (χ2n) is 10.4. The number of hydrogen-bond acceptors (Lipinski definition) is 7. The van der Waals surface area contributed by atoms with Gasteiger partial charge in [-0.05, 0) is 36.9 Å². The van der Waals surface area contributed by atoms with E-state index in [1.165, 1.54) is 7.11 Å². The summed E-state index contributed by atoms with van der Waals surface area (Å²) in [4.78, 5) is 23.5. The van der Waals surface area contributed by atoms with Crippen molar-refractivity contribution in [1.29, 1.82) is 0 Å². The molecule has 0 aliphatic carbocycles. The summed E-state index contributed by atoms with van der Waals surface area (Å²) in [6.07, 6.45) is 1.96. The fraction of sp³-hybridized carbons (Fsp3) is 0.913. The largest absolute Gasteiger partial charge is 0.469 e. The van der Waals surface area contributed by atoms with Gasteiger partial charge in [-0.3, -0.25) is 4.79 Å². The molecule has 0 spiro atoms. The van der Waals surface area contributed by atoms with Gasteiger partial charge in [0.1, 0.15) is 12.4 Å². The normalized spacial score (nSPS) is 24.8. The molecule has 1 aliphatic heterocycles. The van der Waals surface area contributed by atoms with Crippen molar-refractivity contribution in [2.75, 3.05) is 21.3 Å². The van der Waals surface area contributed by atoms with E-state index in [4.69, 9.17) is 23.4 Å². The van der Waals surface area contributed by atoms with Crippen LogP contribution in [-0.2, 0) is 33.0 Å². The van der Waals surface area contributed by atoms with Crippen molar-refractivity contribution in [2.24, 2.45) is 11.8 Å². The third kappa shape index (κ3) is 7.63. The van der Waals surface area contributed by atoms with E-state index < -0.39 is 20.2 Å². The Morgan fingerprint density at radius 1 is 1.16 bits per heavy atom. The quantitative estimate of drug-likeness (QED) is 0.196. The summed E-state index contributed by atoms with van der Waals surface area (Å²) in [5.74, 6) is -1.19. The number of aldehydes is 1. The molecule has 1 saturated heterocycles. The number of rotatable bonds is 11. The van der Waals surface area contributed by atoms with E-state index in [1.54, 1.807) is 14.2 Å². The number of carbonyl (C=O) groups is 2. The lowest BCUT2D eigenvalue weighted by molar-refractivity contribution is -0.270. The van der Waals surface area contributed by atoms with Gasteiger partial charge >= 0.3 is 5.97 Å².